The van der Waals surface area contributed by atoms with Gasteiger partial charge in [-0.1, -0.05) is 0 Å². The van der Waals surface area contributed by atoms with Crippen molar-refractivity contribution >= 4 is 0 Å². The van der Waals surface area contributed by atoms with E-state index in [0.717, 1.165) is 6.04 Å². The van der Waals surface area contributed by atoms with Crippen molar-refractivity contribution in [2.24, 2.45) is 7.05 Å². The highest BCUT2D eigenvalue weighted by molar-refractivity contribution is 5.10. The number of nitrogens with one attached hydrogen (secondary N) is 1. The molecular formula is C13H22N4. The molecule has 3 rings (SSSR count). The molecule has 0 aromatic carbocycles. The Morgan fingerprint density at radius 3 is 3.06 bits per heavy atom. The first-order chi connectivity index (χ1) is 8.24. The van der Waals surface area contributed by atoms with Crippen LogP contribution in [-0.2, 0) is 7.05 Å². The second-order valence-electron chi connectivity index (χ2n) is 5.48. The van der Waals surface area contributed by atoms with Crippen molar-refractivity contribution < 1.29 is 0 Å². The third kappa shape index (κ3) is 2.11. The topological polar surface area (TPSA) is 33.1 Å². The van der Waals surface area contributed by atoms with Crippen molar-refractivity contribution in [3.8, 4) is 0 Å². The summed E-state index contributed by atoms with van der Waals surface area (Å²) in [5, 5.41) is 8.03. The fourth-order valence-electron chi connectivity index (χ4n) is 3.36. The number of nitrogens with zero attached hydrogens (tertiary/aromatic N) is 3. The SMILES string of the molecule is CC(NC1CCN2CCCC12)c1cnn(C)c1. The highest BCUT2D eigenvalue weighted by atomic mass is 15.3. The van der Waals surface area contributed by atoms with E-state index in [1.54, 1.807) is 0 Å². The maximum Gasteiger partial charge on any atom is 0.0537 e. The minimum absolute atomic E-state index is 0.411. The highest BCUT2D eigenvalue weighted by Gasteiger charge is 2.37. The van der Waals surface area contributed by atoms with E-state index in [4.69, 9.17) is 0 Å². The van der Waals surface area contributed by atoms with Gasteiger partial charge in [0, 0.05) is 43.5 Å². The third-order valence-corrected chi connectivity index (χ3v) is 4.29. The first kappa shape index (κ1) is 11.2. The lowest BCUT2D eigenvalue weighted by molar-refractivity contribution is 0.291. The molecule has 17 heavy (non-hydrogen) atoms. The third-order valence-electron chi connectivity index (χ3n) is 4.29. The Hall–Kier alpha value is -0.870. The highest BCUT2D eigenvalue weighted by Crippen LogP contribution is 2.29. The first-order valence-corrected chi connectivity index (χ1v) is 6.72. The van der Waals surface area contributed by atoms with E-state index >= 15 is 0 Å². The normalized spacial score (nSPS) is 30.7. The zero-order valence-electron chi connectivity index (χ0n) is 10.8. The smallest absolute Gasteiger partial charge is 0.0537 e. The summed E-state index contributed by atoms with van der Waals surface area (Å²) in [6, 6.07) is 1.87. The Kier molecular flexibility index (Phi) is 2.92. The van der Waals surface area contributed by atoms with Crippen LogP contribution in [0.1, 0.15) is 37.8 Å². The Labute approximate surface area is 103 Å². The minimum atomic E-state index is 0.411. The van der Waals surface area contributed by atoms with Crippen molar-refractivity contribution in [2.45, 2.75) is 44.3 Å². The fourth-order valence-corrected chi connectivity index (χ4v) is 3.36. The fraction of sp³-hybridized carbons (Fsp3) is 0.769. The molecule has 4 heteroatoms. The maximum absolute atomic E-state index is 4.24. The molecule has 3 heterocycles. The number of hydrogen-bond acceptors (Lipinski definition) is 3. The summed E-state index contributed by atoms with van der Waals surface area (Å²) >= 11 is 0. The van der Waals surface area contributed by atoms with Gasteiger partial charge in [-0.25, -0.2) is 0 Å². The van der Waals surface area contributed by atoms with Gasteiger partial charge >= 0.3 is 0 Å². The lowest BCUT2D eigenvalue weighted by Crippen LogP contribution is -2.40. The van der Waals surface area contributed by atoms with Crippen molar-refractivity contribution in [2.75, 3.05) is 13.1 Å². The molecule has 2 fully saturated rings. The zero-order valence-corrected chi connectivity index (χ0v) is 10.8. The molecule has 1 aromatic rings. The van der Waals surface area contributed by atoms with E-state index in [1.165, 1.54) is 37.9 Å². The van der Waals surface area contributed by atoms with E-state index in [-0.39, 0.29) is 0 Å². The molecule has 3 atom stereocenters. The Morgan fingerprint density at radius 1 is 1.41 bits per heavy atom. The number of fused-ring (bicyclic) bond motifs is 1. The molecule has 0 spiro atoms. The average molecular weight is 234 g/mol. The molecule has 2 aliphatic rings. The molecule has 0 aliphatic carbocycles. The summed E-state index contributed by atoms with van der Waals surface area (Å²) in [7, 11) is 1.98. The molecule has 1 aromatic heterocycles. The van der Waals surface area contributed by atoms with Crippen LogP contribution in [0.4, 0.5) is 0 Å². The molecule has 4 nitrogen and oxygen atoms in total. The predicted octanol–water partition coefficient (Wildman–Crippen LogP) is 1.31. The van der Waals surface area contributed by atoms with Gasteiger partial charge in [0.2, 0.25) is 0 Å². The Bertz CT molecular complexity index is 387. The van der Waals surface area contributed by atoms with Crippen LogP contribution in [0.5, 0.6) is 0 Å². The van der Waals surface area contributed by atoms with Gasteiger partial charge in [-0.2, -0.15) is 5.10 Å². The van der Waals surface area contributed by atoms with E-state index in [9.17, 15) is 0 Å². The van der Waals surface area contributed by atoms with Crippen molar-refractivity contribution in [3.05, 3.63) is 18.0 Å². The van der Waals surface area contributed by atoms with Crippen LogP contribution in [0.3, 0.4) is 0 Å². The maximum atomic E-state index is 4.24. The molecule has 94 valence electrons. The molecule has 0 radical (unpaired) electrons. The van der Waals surface area contributed by atoms with E-state index in [2.05, 4.69) is 28.4 Å². The molecule has 2 saturated heterocycles. The second kappa shape index (κ2) is 4.42. The summed E-state index contributed by atoms with van der Waals surface area (Å²) in [6.07, 6.45) is 8.13. The summed E-state index contributed by atoms with van der Waals surface area (Å²) in [5.41, 5.74) is 1.30. The number of aromatic nitrogens is 2. The van der Waals surface area contributed by atoms with Gasteiger partial charge in [0.1, 0.15) is 0 Å². The zero-order chi connectivity index (χ0) is 11.8. The van der Waals surface area contributed by atoms with Crippen LogP contribution in [0.25, 0.3) is 0 Å². The van der Waals surface area contributed by atoms with Crippen molar-refractivity contribution in [1.29, 1.82) is 0 Å². The van der Waals surface area contributed by atoms with Crippen LogP contribution >= 0.6 is 0 Å². The quantitative estimate of drug-likeness (QED) is 0.856. The Balaban J connectivity index is 1.63. The number of hydrogen-bond donors (Lipinski definition) is 1. The van der Waals surface area contributed by atoms with Crippen LogP contribution in [0, 0.1) is 0 Å². The molecule has 3 unspecified atom stereocenters. The lowest BCUT2D eigenvalue weighted by atomic mass is 10.0. The van der Waals surface area contributed by atoms with Gasteiger partial charge in [0.05, 0.1) is 6.20 Å². The summed E-state index contributed by atoms with van der Waals surface area (Å²) in [4.78, 5) is 2.65. The molecule has 1 N–H and O–H groups in total. The van der Waals surface area contributed by atoms with E-state index in [0.29, 0.717) is 12.1 Å². The summed E-state index contributed by atoms with van der Waals surface area (Å²) in [5.74, 6) is 0. The largest absolute Gasteiger partial charge is 0.306 e. The average Bonchev–Trinajstić information content (AvgIpc) is 2.96. The van der Waals surface area contributed by atoms with Crippen LogP contribution in [-0.4, -0.2) is 39.9 Å². The van der Waals surface area contributed by atoms with E-state index < -0.39 is 0 Å². The van der Waals surface area contributed by atoms with Gasteiger partial charge < -0.3 is 5.32 Å². The Morgan fingerprint density at radius 2 is 2.29 bits per heavy atom. The number of rotatable bonds is 3. The van der Waals surface area contributed by atoms with Gasteiger partial charge in [-0.15, -0.1) is 0 Å². The van der Waals surface area contributed by atoms with Gasteiger partial charge in [-0.3, -0.25) is 9.58 Å². The number of aryl methyl sites for hydroxylation is 1. The van der Waals surface area contributed by atoms with Crippen molar-refractivity contribution in [3.63, 3.8) is 0 Å². The van der Waals surface area contributed by atoms with Crippen LogP contribution in [0.15, 0.2) is 12.4 Å². The van der Waals surface area contributed by atoms with Gasteiger partial charge in [0.25, 0.3) is 0 Å². The minimum Gasteiger partial charge on any atom is -0.306 e. The molecule has 2 aliphatic heterocycles. The summed E-state index contributed by atoms with van der Waals surface area (Å²) in [6.45, 7) is 4.83. The van der Waals surface area contributed by atoms with E-state index in [1.807, 2.05) is 17.9 Å². The monoisotopic (exact) mass is 234 g/mol. The lowest BCUT2D eigenvalue weighted by Gasteiger charge is -2.24. The predicted molar refractivity (Wildman–Crippen MR) is 67.8 cm³/mol. The van der Waals surface area contributed by atoms with Crippen molar-refractivity contribution in [1.82, 2.24) is 20.0 Å². The molecule has 0 amide bonds. The second-order valence-corrected chi connectivity index (χ2v) is 5.48. The first-order valence-electron chi connectivity index (χ1n) is 6.72. The standard InChI is InChI=1S/C13H22N4/c1-10(11-8-14-16(2)9-11)15-12-5-7-17-6-3-4-13(12)17/h8-10,12-13,15H,3-7H2,1-2H3. The van der Waals surface area contributed by atoms with Crippen LogP contribution < -0.4 is 5.32 Å². The summed E-state index contributed by atoms with van der Waals surface area (Å²) < 4.78 is 1.88. The van der Waals surface area contributed by atoms with Gasteiger partial charge in [-0.05, 0) is 32.7 Å². The van der Waals surface area contributed by atoms with Gasteiger partial charge in [0.15, 0.2) is 0 Å². The molecule has 0 bridgehead atoms. The molecular weight excluding hydrogens is 212 g/mol. The molecule has 0 saturated carbocycles. The van der Waals surface area contributed by atoms with Crippen LogP contribution in [0.2, 0.25) is 0 Å².